The van der Waals surface area contributed by atoms with Gasteiger partial charge in [0.2, 0.25) is 0 Å². The third-order valence-electron chi connectivity index (χ3n) is 3.78. The Labute approximate surface area is 146 Å². The SMILES string of the molecule is CC(C)(C)OC(=O)N1CCC(CNCc2cccc(Br)n2)CC1. The number of aromatic nitrogens is 1. The summed E-state index contributed by atoms with van der Waals surface area (Å²) in [6.45, 7) is 8.97. The van der Waals surface area contributed by atoms with Crippen LogP contribution in [0, 0.1) is 5.92 Å². The number of pyridine rings is 1. The highest BCUT2D eigenvalue weighted by Gasteiger charge is 2.26. The van der Waals surface area contributed by atoms with Crippen LogP contribution in [0.15, 0.2) is 22.8 Å². The van der Waals surface area contributed by atoms with Crippen molar-refractivity contribution in [1.82, 2.24) is 15.2 Å². The highest BCUT2D eigenvalue weighted by molar-refractivity contribution is 9.10. The Kier molecular flexibility index (Phi) is 6.41. The standard InChI is InChI=1S/C17H26BrN3O2/c1-17(2,3)23-16(22)21-9-7-13(8-10-21)11-19-12-14-5-4-6-15(18)20-14/h4-6,13,19H,7-12H2,1-3H3. The molecule has 1 amide bonds. The van der Waals surface area contributed by atoms with Gasteiger partial charge in [0, 0.05) is 19.6 Å². The number of rotatable bonds is 4. The number of hydrogen-bond donors (Lipinski definition) is 1. The van der Waals surface area contributed by atoms with Crippen molar-refractivity contribution < 1.29 is 9.53 Å². The Hall–Kier alpha value is -1.14. The maximum atomic E-state index is 12.0. The lowest BCUT2D eigenvalue weighted by atomic mass is 9.97. The molecule has 23 heavy (non-hydrogen) atoms. The molecule has 1 aliphatic heterocycles. The number of halogens is 1. The highest BCUT2D eigenvalue weighted by Crippen LogP contribution is 2.19. The monoisotopic (exact) mass is 383 g/mol. The van der Waals surface area contributed by atoms with Crippen LogP contribution in [-0.2, 0) is 11.3 Å². The molecule has 0 unspecified atom stereocenters. The summed E-state index contributed by atoms with van der Waals surface area (Å²) in [6, 6.07) is 5.94. The Bertz CT molecular complexity index is 523. The van der Waals surface area contributed by atoms with Crippen LogP contribution in [0.25, 0.3) is 0 Å². The van der Waals surface area contributed by atoms with Crippen LogP contribution in [0.2, 0.25) is 0 Å². The molecule has 1 N–H and O–H groups in total. The van der Waals surface area contributed by atoms with Crippen molar-refractivity contribution >= 4 is 22.0 Å². The van der Waals surface area contributed by atoms with Gasteiger partial charge in [0.15, 0.2) is 0 Å². The molecular formula is C17H26BrN3O2. The lowest BCUT2D eigenvalue weighted by Gasteiger charge is -2.33. The second-order valence-electron chi connectivity index (χ2n) is 6.99. The van der Waals surface area contributed by atoms with Crippen LogP contribution in [-0.4, -0.2) is 41.2 Å². The van der Waals surface area contributed by atoms with E-state index in [2.05, 4.69) is 26.2 Å². The fourth-order valence-electron chi connectivity index (χ4n) is 2.60. The lowest BCUT2D eigenvalue weighted by Crippen LogP contribution is -2.43. The predicted octanol–water partition coefficient (Wildman–Crippen LogP) is 3.58. The Morgan fingerprint density at radius 2 is 2.09 bits per heavy atom. The molecule has 0 atom stereocenters. The third kappa shape index (κ3) is 6.47. The smallest absolute Gasteiger partial charge is 0.410 e. The minimum Gasteiger partial charge on any atom is -0.444 e. The van der Waals surface area contributed by atoms with Crippen molar-refractivity contribution in [3.05, 3.63) is 28.5 Å². The molecule has 128 valence electrons. The molecule has 0 saturated carbocycles. The van der Waals surface area contributed by atoms with E-state index >= 15 is 0 Å². The Balaban J connectivity index is 1.68. The van der Waals surface area contributed by atoms with Gasteiger partial charge in [-0.2, -0.15) is 0 Å². The normalized spacial score (nSPS) is 16.4. The predicted molar refractivity (Wildman–Crippen MR) is 94.2 cm³/mol. The molecule has 0 aliphatic carbocycles. The number of nitrogens with one attached hydrogen (secondary N) is 1. The van der Waals surface area contributed by atoms with Gasteiger partial charge >= 0.3 is 6.09 Å². The van der Waals surface area contributed by atoms with E-state index in [0.717, 1.165) is 49.3 Å². The van der Waals surface area contributed by atoms with E-state index in [1.807, 2.05) is 43.9 Å². The molecule has 1 aromatic rings. The van der Waals surface area contributed by atoms with Gasteiger partial charge in [-0.05, 0) is 74.1 Å². The largest absolute Gasteiger partial charge is 0.444 e. The van der Waals surface area contributed by atoms with Crippen LogP contribution >= 0.6 is 15.9 Å². The summed E-state index contributed by atoms with van der Waals surface area (Å²) in [5.74, 6) is 0.598. The van der Waals surface area contributed by atoms with Crippen molar-refractivity contribution in [2.45, 2.75) is 45.8 Å². The minimum atomic E-state index is -0.424. The second-order valence-corrected chi connectivity index (χ2v) is 7.81. The molecule has 1 fully saturated rings. The summed E-state index contributed by atoms with van der Waals surface area (Å²) in [5, 5.41) is 3.46. The van der Waals surface area contributed by atoms with Gasteiger partial charge in [-0.25, -0.2) is 9.78 Å². The van der Waals surface area contributed by atoms with Crippen molar-refractivity contribution in [2.24, 2.45) is 5.92 Å². The van der Waals surface area contributed by atoms with E-state index in [1.165, 1.54) is 0 Å². The molecule has 0 spiro atoms. The first-order chi connectivity index (χ1) is 10.8. The second kappa shape index (κ2) is 8.11. The molecule has 5 nitrogen and oxygen atoms in total. The van der Waals surface area contributed by atoms with Crippen LogP contribution in [0.4, 0.5) is 4.79 Å². The van der Waals surface area contributed by atoms with Gasteiger partial charge in [0.1, 0.15) is 10.2 Å². The van der Waals surface area contributed by atoms with Crippen LogP contribution in [0.5, 0.6) is 0 Å². The third-order valence-corrected chi connectivity index (χ3v) is 4.22. The van der Waals surface area contributed by atoms with Crippen molar-refractivity contribution in [2.75, 3.05) is 19.6 Å². The number of hydrogen-bond acceptors (Lipinski definition) is 4. The van der Waals surface area contributed by atoms with E-state index in [4.69, 9.17) is 4.74 Å². The average molecular weight is 384 g/mol. The molecule has 0 aromatic carbocycles. The van der Waals surface area contributed by atoms with E-state index in [9.17, 15) is 4.79 Å². The maximum absolute atomic E-state index is 12.0. The van der Waals surface area contributed by atoms with E-state index in [1.54, 1.807) is 0 Å². The molecule has 2 heterocycles. The summed E-state index contributed by atoms with van der Waals surface area (Å²) in [6.07, 6.45) is 1.83. The zero-order chi connectivity index (χ0) is 16.9. The van der Waals surface area contributed by atoms with Crippen LogP contribution in [0.1, 0.15) is 39.3 Å². The number of ether oxygens (including phenoxy) is 1. The molecule has 1 aliphatic rings. The Morgan fingerprint density at radius 1 is 1.39 bits per heavy atom. The van der Waals surface area contributed by atoms with E-state index < -0.39 is 5.60 Å². The van der Waals surface area contributed by atoms with Crippen LogP contribution < -0.4 is 5.32 Å². The van der Waals surface area contributed by atoms with E-state index in [0.29, 0.717) is 5.92 Å². The fourth-order valence-corrected chi connectivity index (χ4v) is 2.98. The number of carbonyl (C=O) groups excluding carboxylic acids is 1. The molecular weight excluding hydrogens is 358 g/mol. The fraction of sp³-hybridized carbons (Fsp3) is 0.647. The topological polar surface area (TPSA) is 54.5 Å². The zero-order valence-corrected chi connectivity index (χ0v) is 15.7. The molecule has 0 radical (unpaired) electrons. The summed E-state index contributed by atoms with van der Waals surface area (Å²) < 4.78 is 6.28. The summed E-state index contributed by atoms with van der Waals surface area (Å²) >= 11 is 3.38. The first-order valence-electron chi connectivity index (χ1n) is 8.13. The lowest BCUT2D eigenvalue weighted by molar-refractivity contribution is 0.0184. The molecule has 6 heteroatoms. The number of likely N-dealkylation sites (tertiary alicyclic amines) is 1. The van der Waals surface area contributed by atoms with Crippen molar-refractivity contribution in [3.8, 4) is 0 Å². The highest BCUT2D eigenvalue weighted by atomic mass is 79.9. The van der Waals surface area contributed by atoms with Gasteiger partial charge in [-0.3, -0.25) is 0 Å². The van der Waals surface area contributed by atoms with Gasteiger partial charge in [-0.15, -0.1) is 0 Å². The maximum Gasteiger partial charge on any atom is 0.410 e. The van der Waals surface area contributed by atoms with Crippen LogP contribution in [0.3, 0.4) is 0 Å². The number of piperidine rings is 1. The molecule has 1 saturated heterocycles. The van der Waals surface area contributed by atoms with Crippen molar-refractivity contribution in [3.63, 3.8) is 0 Å². The van der Waals surface area contributed by atoms with Gasteiger partial charge in [0.05, 0.1) is 5.69 Å². The van der Waals surface area contributed by atoms with Crippen molar-refractivity contribution in [1.29, 1.82) is 0 Å². The van der Waals surface area contributed by atoms with Gasteiger partial charge in [-0.1, -0.05) is 6.07 Å². The molecule has 0 bridgehead atoms. The molecule has 1 aromatic heterocycles. The first-order valence-corrected chi connectivity index (χ1v) is 8.93. The summed E-state index contributed by atoms with van der Waals surface area (Å²) in [4.78, 5) is 18.3. The number of amides is 1. The summed E-state index contributed by atoms with van der Waals surface area (Å²) in [7, 11) is 0. The van der Waals surface area contributed by atoms with Gasteiger partial charge in [0.25, 0.3) is 0 Å². The summed E-state index contributed by atoms with van der Waals surface area (Å²) in [5.41, 5.74) is 0.609. The van der Waals surface area contributed by atoms with Gasteiger partial charge < -0.3 is 15.0 Å². The van der Waals surface area contributed by atoms with E-state index in [-0.39, 0.29) is 6.09 Å². The zero-order valence-electron chi connectivity index (χ0n) is 14.1. The molecule has 2 rings (SSSR count). The number of nitrogens with zero attached hydrogens (tertiary/aromatic N) is 2. The Morgan fingerprint density at radius 3 is 2.70 bits per heavy atom. The average Bonchev–Trinajstić information content (AvgIpc) is 2.46. The quantitative estimate of drug-likeness (QED) is 0.807. The first kappa shape index (κ1) is 18.2. The minimum absolute atomic E-state index is 0.192. The number of carbonyl (C=O) groups is 1.